The maximum atomic E-state index is 12.6. The molecule has 2 aromatic carbocycles. The Bertz CT molecular complexity index is 1490. The zero-order chi connectivity index (χ0) is 29.3. The largest absolute Gasteiger partial charge is 0.457 e. The lowest BCUT2D eigenvalue weighted by atomic mass is 10.0. The molecule has 1 saturated heterocycles. The van der Waals surface area contributed by atoms with Crippen LogP contribution in [0.25, 0.3) is 11.4 Å². The number of carbonyl (C=O) groups is 2. The van der Waals surface area contributed by atoms with Crippen molar-refractivity contribution >= 4 is 11.7 Å². The molecule has 3 heterocycles. The van der Waals surface area contributed by atoms with Gasteiger partial charge in [0.15, 0.2) is 0 Å². The van der Waals surface area contributed by atoms with Gasteiger partial charge in [0.2, 0.25) is 0 Å². The molecule has 2 aromatic heterocycles. The first kappa shape index (κ1) is 29.2. The van der Waals surface area contributed by atoms with Crippen LogP contribution < -0.4 is 10.1 Å². The summed E-state index contributed by atoms with van der Waals surface area (Å²) >= 11 is 0. The Hall–Kier alpha value is -4.27. The van der Waals surface area contributed by atoms with Crippen molar-refractivity contribution < 1.29 is 19.4 Å². The number of rotatable bonds is 12. The fraction of sp³-hybridized carbons (Fsp3) is 0.324. The topological polar surface area (TPSA) is 108 Å². The molecule has 8 heteroatoms. The Kier molecular flexibility index (Phi) is 9.79. The van der Waals surface area contributed by atoms with Crippen molar-refractivity contribution in [3.8, 4) is 22.9 Å². The lowest BCUT2D eigenvalue weighted by molar-refractivity contribution is -0.117. The van der Waals surface area contributed by atoms with Gasteiger partial charge in [0, 0.05) is 50.9 Å². The number of aryl methyl sites for hydroxylation is 1. The van der Waals surface area contributed by atoms with Crippen LogP contribution in [-0.4, -0.2) is 63.9 Å². The predicted octanol–water partition coefficient (Wildman–Crippen LogP) is 5.11. The van der Waals surface area contributed by atoms with Crippen LogP contribution in [-0.2, 0) is 17.6 Å². The minimum atomic E-state index is -0.171. The molecule has 1 aliphatic rings. The second-order valence-corrected chi connectivity index (χ2v) is 11.0. The Morgan fingerprint density at radius 2 is 1.79 bits per heavy atom. The number of pyridine rings is 1. The van der Waals surface area contributed by atoms with Crippen molar-refractivity contribution in [1.82, 2.24) is 20.2 Å². The first-order valence-corrected chi connectivity index (χ1v) is 14.6. The molecule has 42 heavy (non-hydrogen) atoms. The van der Waals surface area contributed by atoms with Gasteiger partial charge in [-0.15, -0.1) is 0 Å². The molecule has 0 bridgehead atoms. The highest BCUT2D eigenvalue weighted by atomic mass is 16.5. The normalized spacial score (nSPS) is 14.0. The summed E-state index contributed by atoms with van der Waals surface area (Å²) in [4.78, 5) is 35.1. The van der Waals surface area contributed by atoms with E-state index in [1.807, 2.05) is 61.5 Å². The third-order valence-electron chi connectivity index (χ3n) is 7.49. The van der Waals surface area contributed by atoms with Crippen LogP contribution in [0.3, 0.4) is 0 Å². The van der Waals surface area contributed by atoms with Crippen molar-refractivity contribution in [1.29, 1.82) is 0 Å². The molecule has 218 valence electrons. The molecule has 4 aromatic rings. The standard InChI is InChI=1S/C34H38N4O4/c1-24-4-2-5-26(18-24)20-29(40)19-25-6-8-30(9-7-25)42-31-10-14-35-33(22-31)32-21-27(23-37-32)34(41)36-13-3-15-38-16-11-28(39)12-17-38/h2,4-10,14,18,21-23,28,37,39H,3,11-13,15-17,19-20H2,1H3,(H,36,41). The lowest BCUT2D eigenvalue weighted by Gasteiger charge is -2.29. The maximum Gasteiger partial charge on any atom is 0.252 e. The van der Waals surface area contributed by atoms with Gasteiger partial charge >= 0.3 is 0 Å². The third kappa shape index (κ3) is 8.38. The van der Waals surface area contributed by atoms with E-state index in [9.17, 15) is 14.7 Å². The second-order valence-electron chi connectivity index (χ2n) is 11.0. The Balaban J connectivity index is 1.10. The number of piperidine rings is 1. The number of carbonyl (C=O) groups excluding carboxylic acids is 2. The van der Waals surface area contributed by atoms with Crippen LogP contribution in [0, 0.1) is 6.92 Å². The molecule has 0 saturated carbocycles. The van der Waals surface area contributed by atoms with Gasteiger partial charge in [-0.1, -0.05) is 42.0 Å². The zero-order valence-corrected chi connectivity index (χ0v) is 24.0. The number of hydrogen-bond donors (Lipinski definition) is 3. The number of aromatic nitrogens is 2. The van der Waals surface area contributed by atoms with E-state index >= 15 is 0 Å². The number of H-pyrrole nitrogens is 1. The van der Waals surface area contributed by atoms with Crippen LogP contribution >= 0.6 is 0 Å². The molecule has 5 rings (SSSR count). The number of likely N-dealkylation sites (tertiary alicyclic amines) is 1. The summed E-state index contributed by atoms with van der Waals surface area (Å²) in [6.07, 6.45) is 6.49. The summed E-state index contributed by atoms with van der Waals surface area (Å²) in [5.41, 5.74) is 5.07. The third-order valence-corrected chi connectivity index (χ3v) is 7.49. The number of ether oxygens (including phenoxy) is 1. The maximum absolute atomic E-state index is 12.6. The summed E-state index contributed by atoms with van der Waals surface area (Å²) in [5.74, 6) is 1.32. The van der Waals surface area contributed by atoms with Gasteiger partial charge < -0.3 is 25.0 Å². The molecule has 0 aliphatic carbocycles. The Labute approximate surface area is 246 Å². The first-order valence-electron chi connectivity index (χ1n) is 14.6. The quantitative estimate of drug-likeness (QED) is 0.206. The van der Waals surface area contributed by atoms with Crippen molar-refractivity contribution in [2.75, 3.05) is 26.2 Å². The molecular formula is C34H38N4O4. The number of hydrogen-bond acceptors (Lipinski definition) is 6. The monoisotopic (exact) mass is 566 g/mol. The summed E-state index contributed by atoms with van der Waals surface area (Å²) in [6, 6.07) is 21.0. The van der Waals surface area contributed by atoms with E-state index in [1.165, 1.54) is 0 Å². The van der Waals surface area contributed by atoms with Gasteiger partial charge in [-0.05, 0) is 68.1 Å². The average molecular weight is 567 g/mol. The highest BCUT2D eigenvalue weighted by Crippen LogP contribution is 2.26. The number of nitrogens with one attached hydrogen (secondary N) is 2. The van der Waals surface area contributed by atoms with Crippen molar-refractivity contribution in [3.05, 3.63) is 101 Å². The van der Waals surface area contributed by atoms with E-state index < -0.39 is 0 Å². The molecule has 1 amide bonds. The first-order chi connectivity index (χ1) is 20.4. The highest BCUT2D eigenvalue weighted by Gasteiger charge is 2.16. The summed E-state index contributed by atoms with van der Waals surface area (Å²) in [5, 5.41) is 12.6. The summed E-state index contributed by atoms with van der Waals surface area (Å²) in [7, 11) is 0. The van der Waals surface area contributed by atoms with E-state index in [0.717, 1.165) is 61.3 Å². The van der Waals surface area contributed by atoms with Gasteiger partial charge in [-0.3, -0.25) is 14.6 Å². The Morgan fingerprint density at radius 3 is 2.57 bits per heavy atom. The van der Waals surface area contributed by atoms with E-state index in [-0.39, 0.29) is 17.8 Å². The average Bonchev–Trinajstić information content (AvgIpc) is 3.48. The van der Waals surface area contributed by atoms with Gasteiger partial charge in [0.25, 0.3) is 5.91 Å². The summed E-state index contributed by atoms with van der Waals surface area (Å²) in [6.45, 7) is 5.36. The minimum absolute atomic E-state index is 0.128. The number of amides is 1. The molecule has 0 unspecified atom stereocenters. The van der Waals surface area contributed by atoms with Gasteiger partial charge in [-0.25, -0.2) is 0 Å². The van der Waals surface area contributed by atoms with E-state index in [2.05, 4.69) is 20.2 Å². The summed E-state index contributed by atoms with van der Waals surface area (Å²) < 4.78 is 6.05. The number of Topliss-reactive ketones (excluding diaryl/α,β-unsaturated/α-hetero) is 1. The fourth-order valence-electron chi connectivity index (χ4n) is 5.20. The van der Waals surface area contributed by atoms with Crippen molar-refractivity contribution in [3.63, 3.8) is 0 Å². The van der Waals surface area contributed by atoms with Crippen LogP contribution in [0.1, 0.15) is 46.3 Å². The van der Waals surface area contributed by atoms with Gasteiger partial charge in [-0.2, -0.15) is 0 Å². The van der Waals surface area contributed by atoms with Crippen LogP contribution in [0.4, 0.5) is 0 Å². The SMILES string of the molecule is Cc1cccc(CC(=O)Cc2ccc(Oc3ccnc(-c4cc(C(=O)NCCCN5CCC(O)CC5)c[nH]4)c3)cc2)c1. The fourth-order valence-corrected chi connectivity index (χ4v) is 5.20. The molecule has 0 spiro atoms. The number of ketones is 1. The molecule has 0 atom stereocenters. The van der Waals surface area contributed by atoms with Gasteiger partial charge in [0.1, 0.15) is 17.3 Å². The second kappa shape index (κ2) is 14.1. The van der Waals surface area contributed by atoms with Crippen molar-refractivity contribution in [2.24, 2.45) is 0 Å². The molecule has 1 fully saturated rings. The molecule has 0 radical (unpaired) electrons. The number of aliphatic hydroxyl groups is 1. The number of benzene rings is 2. The highest BCUT2D eigenvalue weighted by molar-refractivity contribution is 5.95. The molecule has 8 nitrogen and oxygen atoms in total. The van der Waals surface area contributed by atoms with E-state index in [4.69, 9.17) is 4.74 Å². The molecule has 1 aliphatic heterocycles. The van der Waals surface area contributed by atoms with E-state index in [0.29, 0.717) is 42.1 Å². The molecular weight excluding hydrogens is 528 g/mol. The van der Waals surface area contributed by atoms with Gasteiger partial charge in [0.05, 0.1) is 23.1 Å². The zero-order valence-electron chi connectivity index (χ0n) is 24.0. The van der Waals surface area contributed by atoms with Crippen LogP contribution in [0.2, 0.25) is 0 Å². The van der Waals surface area contributed by atoms with E-state index in [1.54, 1.807) is 24.5 Å². The Morgan fingerprint density at radius 1 is 1.00 bits per heavy atom. The van der Waals surface area contributed by atoms with Crippen LogP contribution in [0.15, 0.2) is 79.1 Å². The number of nitrogens with zero attached hydrogens (tertiary/aromatic N) is 2. The molecule has 3 N–H and O–H groups in total. The lowest BCUT2D eigenvalue weighted by Crippen LogP contribution is -2.37. The smallest absolute Gasteiger partial charge is 0.252 e. The number of aromatic amines is 1. The van der Waals surface area contributed by atoms with Crippen molar-refractivity contribution in [2.45, 2.75) is 45.1 Å². The predicted molar refractivity (Wildman–Crippen MR) is 163 cm³/mol. The minimum Gasteiger partial charge on any atom is -0.457 e. The van der Waals surface area contributed by atoms with Crippen LogP contribution in [0.5, 0.6) is 11.5 Å². The number of aliphatic hydroxyl groups excluding tert-OH is 1.